The van der Waals surface area contributed by atoms with Crippen molar-refractivity contribution >= 4 is 0 Å². The first-order chi connectivity index (χ1) is 13.6. The van der Waals surface area contributed by atoms with E-state index in [-0.39, 0.29) is 0 Å². The average molecular weight is 384 g/mol. The largest absolute Gasteiger partial charge is 0.493 e. The molecular formula is C20H24N4O4. The third-order valence-corrected chi connectivity index (χ3v) is 4.29. The number of nitrogens with one attached hydrogen (secondary N) is 1. The van der Waals surface area contributed by atoms with Gasteiger partial charge in [-0.25, -0.2) is 4.98 Å². The van der Waals surface area contributed by atoms with E-state index in [0.717, 1.165) is 11.1 Å². The highest BCUT2D eigenvalue weighted by molar-refractivity contribution is 5.61. The maximum absolute atomic E-state index is 6.37. The van der Waals surface area contributed by atoms with Crippen molar-refractivity contribution in [3.8, 4) is 34.4 Å². The Bertz CT molecular complexity index is 942. The molecule has 1 heterocycles. The van der Waals surface area contributed by atoms with Gasteiger partial charge in [0.1, 0.15) is 5.82 Å². The van der Waals surface area contributed by atoms with Crippen molar-refractivity contribution in [2.75, 3.05) is 27.9 Å². The monoisotopic (exact) mass is 384 g/mol. The second kappa shape index (κ2) is 8.62. The molecule has 148 valence electrons. The molecule has 3 rings (SSSR count). The quantitative estimate of drug-likeness (QED) is 0.615. The molecule has 0 saturated heterocycles. The van der Waals surface area contributed by atoms with Gasteiger partial charge in [-0.15, -0.1) is 0 Å². The molecule has 2 aromatic carbocycles. The molecule has 0 aliphatic heterocycles. The molecule has 8 nitrogen and oxygen atoms in total. The minimum absolute atomic E-state index is 0.495. The molecule has 1 aromatic heterocycles. The number of benzene rings is 2. The zero-order valence-corrected chi connectivity index (χ0v) is 16.4. The molecule has 3 aromatic rings. The van der Waals surface area contributed by atoms with Gasteiger partial charge in [0.15, 0.2) is 28.8 Å². The van der Waals surface area contributed by atoms with Crippen LogP contribution in [-0.2, 0) is 0 Å². The van der Waals surface area contributed by atoms with Crippen LogP contribution in [-0.4, -0.2) is 43.1 Å². The number of methoxy groups -OCH3 is 3. The molecule has 28 heavy (non-hydrogen) atoms. The Morgan fingerprint density at radius 2 is 1.61 bits per heavy atom. The summed E-state index contributed by atoms with van der Waals surface area (Å²) in [4.78, 5) is 4.55. The Kier molecular flexibility index (Phi) is 6.00. The Labute approximate surface area is 163 Å². The molecule has 0 spiro atoms. The van der Waals surface area contributed by atoms with Crippen molar-refractivity contribution in [2.24, 2.45) is 5.73 Å². The van der Waals surface area contributed by atoms with Gasteiger partial charge in [0.2, 0.25) is 0 Å². The summed E-state index contributed by atoms with van der Waals surface area (Å²) >= 11 is 0. The van der Waals surface area contributed by atoms with E-state index in [1.165, 1.54) is 0 Å². The van der Waals surface area contributed by atoms with Gasteiger partial charge >= 0.3 is 0 Å². The molecule has 0 fully saturated rings. The Balaban J connectivity index is 1.87. The lowest BCUT2D eigenvalue weighted by Gasteiger charge is -2.13. The van der Waals surface area contributed by atoms with Gasteiger partial charge in [-0.1, -0.05) is 6.07 Å². The molecule has 0 aliphatic carbocycles. The number of H-pyrrole nitrogens is 1. The molecule has 1 atom stereocenters. The van der Waals surface area contributed by atoms with Crippen LogP contribution in [0.1, 0.15) is 24.4 Å². The minimum atomic E-state index is -0.495. The highest BCUT2D eigenvalue weighted by Crippen LogP contribution is 2.33. The van der Waals surface area contributed by atoms with Crippen LogP contribution in [0.5, 0.6) is 23.0 Å². The summed E-state index contributed by atoms with van der Waals surface area (Å²) in [5.41, 5.74) is 7.99. The summed E-state index contributed by atoms with van der Waals surface area (Å²) in [6.07, 6.45) is 0. The van der Waals surface area contributed by atoms with Crippen LogP contribution in [0.15, 0.2) is 36.4 Å². The third-order valence-electron chi connectivity index (χ3n) is 4.29. The van der Waals surface area contributed by atoms with Gasteiger partial charge in [-0.05, 0) is 42.8 Å². The summed E-state index contributed by atoms with van der Waals surface area (Å²) in [6, 6.07) is 10.6. The average Bonchev–Trinajstić information content (AvgIpc) is 3.23. The second-order valence-electron chi connectivity index (χ2n) is 5.94. The zero-order valence-electron chi connectivity index (χ0n) is 16.4. The smallest absolute Gasteiger partial charge is 0.181 e. The lowest BCUT2D eigenvalue weighted by Crippen LogP contribution is -2.14. The first-order valence-corrected chi connectivity index (χ1v) is 8.82. The normalized spacial score (nSPS) is 11.8. The number of ether oxygens (including phenoxy) is 4. The van der Waals surface area contributed by atoms with Gasteiger partial charge < -0.3 is 24.7 Å². The fourth-order valence-electron chi connectivity index (χ4n) is 2.83. The summed E-state index contributed by atoms with van der Waals surface area (Å²) in [5, 5.41) is 7.21. The number of nitrogens with two attached hydrogens (primary N) is 1. The third kappa shape index (κ3) is 3.86. The van der Waals surface area contributed by atoms with Crippen molar-refractivity contribution in [1.29, 1.82) is 0 Å². The molecule has 0 saturated carbocycles. The van der Waals surface area contributed by atoms with Gasteiger partial charge in [-0.3, -0.25) is 5.10 Å². The summed E-state index contributed by atoms with van der Waals surface area (Å²) in [7, 11) is 4.77. The highest BCUT2D eigenvalue weighted by Gasteiger charge is 2.18. The maximum atomic E-state index is 6.37. The van der Waals surface area contributed by atoms with Gasteiger partial charge in [0.05, 0.1) is 34.0 Å². The van der Waals surface area contributed by atoms with E-state index in [1.807, 2.05) is 43.3 Å². The van der Waals surface area contributed by atoms with Gasteiger partial charge in [-0.2, -0.15) is 5.10 Å². The van der Waals surface area contributed by atoms with Crippen molar-refractivity contribution in [3.63, 3.8) is 0 Å². The van der Waals surface area contributed by atoms with Crippen LogP contribution < -0.4 is 24.7 Å². The predicted molar refractivity (Wildman–Crippen MR) is 105 cm³/mol. The lowest BCUT2D eigenvalue weighted by atomic mass is 10.1. The first-order valence-electron chi connectivity index (χ1n) is 8.82. The molecule has 3 N–H and O–H groups in total. The lowest BCUT2D eigenvalue weighted by molar-refractivity contribution is 0.311. The zero-order chi connectivity index (χ0) is 20.1. The first kappa shape index (κ1) is 19.5. The number of rotatable bonds is 8. The van der Waals surface area contributed by atoms with Crippen molar-refractivity contribution in [1.82, 2.24) is 15.2 Å². The van der Waals surface area contributed by atoms with Gasteiger partial charge in [0.25, 0.3) is 0 Å². The molecule has 8 heteroatoms. The molecule has 0 amide bonds. The van der Waals surface area contributed by atoms with E-state index in [4.69, 9.17) is 24.7 Å². The van der Waals surface area contributed by atoms with E-state index in [0.29, 0.717) is 41.3 Å². The van der Waals surface area contributed by atoms with Crippen molar-refractivity contribution in [2.45, 2.75) is 13.0 Å². The molecule has 0 radical (unpaired) electrons. The van der Waals surface area contributed by atoms with Gasteiger partial charge in [0, 0.05) is 5.56 Å². The predicted octanol–water partition coefficient (Wildman–Crippen LogP) is 2.94. The summed E-state index contributed by atoms with van der Waals surface area (Å²) < 4.78 is 21.5. The van der Waals surface area contributed by atoms with Crippen molar-refractivity contribution in [3.05, 3.63) is 47.8 Å². The topological polar surface area (TPSA) is 105 Å². The number of nitrogens with zero attached hydrogens (tertiary/aromatic N) is 2. The number of aromatic amines is 1. The molecule has 0 aliphatic rings. The van der Waals surface area contributed by atoms with Crippen LogP contribution in [0.3, 0.4) is 0 Å². The van der Waals surface area contributed by atoms with E-state index >= 15 is 0 Å². The van der Waals surface area contributed by atoms with Crippen LogP contribution in [0, 0.1) is 0 Å². The highest BCUT2D eigenvalue weighted by atomic mass is 16.5. The van der Waals surface area contributed by atoms with Crippen LogP contribution in [0.25, 0.3) is 11.4 Å². The summed E-state index contributed by atoms with van der Waals surface area (Å²) in [6.45, 7) is 2.48. The number of hydrogen-bond acceptors (Lipinski definition) is 7. The summed E-state index contributed by atoms with van der Waals surface area (Å²) in [5.74, 6) is 3.59. The van der Waals surface area contributed by atoms with Crippen LogP contribution in [0.4, 0.5) is 0 Å². The molecule has 0 bridgehead atoms. The molecular weight excluding hydrogens is 360 g/mol. The second-order valence-corrected chi connectivity index (χ2v) is 5.94. The Morgan fingerprint density at radius 1 is 0.929 bits per heavy atom. The van der Waals surface area contributed by atoms with Crippen molar-refractivity contribution < 1.29 is 18.9 Å². The SMILES string of the molecule is CCOc1ccc(-c2n[nH]c([C@H](N)c3ccc(OC)c(OC)c3)n2)cc1OC. The maximum Gasteiger partial charge on any atom is 0.181 e. The van der Waals surface area contributed by atoms with E-state index < -0.39 is 6.04 Å². The standard InChI is InChI=1S/C20H24N4O4/c1-5-28-15-9-7-13(11-17(15)27-4)19-22-20(24-23-19)18(21)12-6-8-14(25-2)16(10-12)26-3/h6-11,18H,5,21H2,1-4H3,(H,22,23,24)/t18-/m1/s1. The fraction of sp³-hybridized carbons (Fsp3) is 0.300. The number of hydrogen-bond donors (Lipinski definition) is 2. The van der Waals surface area contributed by atoms with Crippen LogP contribution >= 0.6 is 0 Å². The van der Waals surface area contributed by atoms with E-state index in [1.54, 1.807) is 21.3 Å². The Hall–Kier alpha value is -3.26. The molecule has 0 unspecified atom stereocenters. The van der Waals surface area contributed by atoms with Crippen LogP contribution in [0.2, 0.25) is 0 Å². The fourth-order valence-corrected chi connectivity index (χ4v) is 2.83. The van der Waals surface area contributed by atoms with E-state index in [9.17, 15) is 0 Å². The Morgan fingerprint density at radius 3 is 2.29 bits per heavy atom. The minimum Gasteiger partial charge on any atom is -0.493 e. The number of aromatic nitrogens is 3. The van der Waals surface area contributed by atoms with E-state index in [2.05, 4.69) is 15.2 Å².